The number of rotatable bonds is 7. The Morgan fingerprint density at radius 1 is 1.43 bits per heavy atom. The fourth-order valence-electron chi connectivity index (χ4n) is 1.41. The van der Waals surface area contributed by atoms with Crippen molar-refractivity contribution in [3.05, 3.63) is 43.0 Å². The molecule has 4 nitrogen and oxygen atoms in total. The van der Waals surface area contributed by atoms with Gasteiger partial charge in [0.05, 0.1) is 5.25 Å². The number of thioether (sulfide) groups is 2. The molecule has 1 unspecified atom stereocenters. The van der Waals surface area contributed by atoms with Crippen molar-refractivity contribution in [1.29, 1.82) is 0 Å². The third-order valence-electron chi connectivity index (χ3n) is 2.39. The summed E-state index contributed by atoms with van der Waals surface area (Å²) in [7, 11) is 0. The van der Waals surface area contributed by atoms with E-state index in [0.29, 0.717) is 5.13 Å². The predicted octanol–water partition coefficient (Wildman–Crippen LogP) is 3.94. The molecule has 0 bridgehead atoms. The minimum absolute atomic E-state index is 0.0692. The largest absolute Gasteiger partial charge is 0.300 e. The van der Waals surface area contributed by atoms with Crippen LogP contribution in [-0.4, -0.2) is 27.1 Å². The first kappa shape index (κ1) is 16.1. The summed E-state index contributed by atoms with van der Waals surface area (Å²) in [6.45, 7) is 5.53. The Morgan fingerprint density at radius 2 is 2.19 bits per heavy atom. The standard InChI is InChI=1S/C14H15N3OS3/c1-3-9-19-14-17-16-13(21-14)15-12(18)10(2)20-11-7-5-4-6-8-11/h3-8,10H,1,9H2,2H3,(H,15,16,18). The monoisotopic (exact) mass is 337 g/mol. The van der Waals surface area contributed by atoms with Crippen molar-refractivity contribution in [2.75, 3.05) is 11.1 Å². The van der Waals surface area contributed by atoms with Crippen molar-refractivity contribution in [1.82, 2.24) is 10.2 Å². The van der Waals surface area contributed by atoms with Gasteiger partial charge in [0.25, 0.3) is 0 Å². The molecule has 110 valence electrons. The quantitative estimate of drug-likeness (QED) is 0.471. The van der Waals surface area contributed by atoms with Crippen molar-refractivity contribution in [2.45, 2.75) is 21.4 Å². The molecule has 1 heterocycles. The third kappa shape index (κ3) is 5.18. The first-order chi connectivity index (χ1) is 10.2. The number of benzene rings is 1. The van der Waals surface area contributed by atoms with Gasteiger partial charge < -0.3 is 0 Å². The van der Waals surface area contributed by atoms with Gasteiger partial charge in [-0.15, -0.1) is 28.5 Å². The maximum atomic E-state index is 12.1. The molecular weight excluding hydrogens is 322 g/mol. The van der Waals surface area contributed by atoms with E-state index in [1.54, 1.807) is 11.8 Å². The van der Waals surface area contributed by atoms with Crippen molar-refractivity contribution >= 4 is 45.9 Å². The molecule has 1 atom stereocenters. The van der Waals surface area contributed by atoms with Gasteiger partial charge in [-0.25, -0.2) is 0 Å². The Labute approximate surface area is 136 Å². The van der Waals surface area contributed by atoms with Crippen LogP contribution in [0.5, 0.6) is 0 Å². The fourth-order valence-corrected chi connectivity index (χ4v) is 3.82. The van der Waals surface area contributed by atoms with Gasteiger partial charge in [-0.2, -0.15) is 0 Å². The van der Waals surface area contributed by atoms with Crippen LogP contribution in [-0.2, 0) is 4.79 Å². The summed E-state index contributed by atoms with van der Waals surface area (Å²) < 4.78 is 0.827. The van der Waals surface area contributed by atoms with Gasteiger partial charge >= 0.3 is 0 Å². The maximum absolute atomic E-state index is 12.1. The van der Waals surface area contributed by atoms with E-state index in [2.05, 4.69) is 22.1 Å². The molecule has 7 heteroatoms. The van der Waals surface area contributed by atoms with Crippen LogP contribution >= 0.6 is 34.9 Å². The molecular formula is C14H15N3OS3. The van der Waals surface area contributed by atoms with Crippen molar-refractivity contribution in [2.24, 2.45) is 0 Å². The number of nitrogens with zero attached hydrogens (tertiary/aromatic N) is 2. The molecule has 0 aliphatic heterocycles. The summed E-state index contributed by atoms with van der Waals surface area (Å²) in [5.41, 5.74) is 0. The van der Waals surface area contributed by atoms with E-state index in [1.807, 2.05) is 43.3 Å². The van der Waals surface area contributed by atoms with Crippen LogP contribution in [0, 0.1) is 0 Å². The number of aromatic nitrogens is 2. The molecule has 2 aromatic rings. The first-order valence-electron chi connectivity index (χ1n) is 6.29. The third-order valence-corrected chi connectivity index (χ3v) is 5.47. The van der Waals surface area contributed by atoms with E-state index < -0.39 is 0 Å². The fraction of sp³-hybridized carbons (Fsp3) is 0.214. The van der Waals surface area contributed by atoms with Gasteiger partial charge in [0.1, 0.15) is 0 Å². The summed E-state index contributed by atoms with van der Waals surface area (Å²) in [6, 6.07) is 9.85. The molecule has 21 heavy (non-hydrogen) atoms. The number of amides is 1. The molecule has 0 aliphatic carbocycles. The summed E-state index contributed by atoms with van der Waals surface area (Å²) in [6.07, 6.45) is 1.81. The second-order valence-electron chi connectivity index (χ2n) is 4.04. The lowest BCUT2D eigenvalue weighted by Crippen LogP contribution is -2.22. The molecule has 0 saturated carbocycles. The highest BCUT2D eigenvalue weighted by Gasteiger charge is 2.16. The topological polar surface area (TPSA) is 54.9 Å². The molecule has 2 rings (SSSR count). The van der Waals surface area contributed by atoms with Crippen LogP contribution in [0.25, 0.3) is 0 Å². The molecule has 1 aromatic carbocycles. The average molecular weight is 337 g/mol. The zero-order valence-electron chi connectivity index (χ0n) is 11.5. The minimum atomic E-state index is -0.194. The van der Waals surface area contributed by atoms with Crippen LogP contribution in [0.1, 0.15) is 6.92 Å². The van der Waals surface area contributed by atoms with E-state index in [0.717, 1.165) is 15.0 Å². The van der Waals surface area contributed by atoms with Gasteiger partial charge in [0, 0.05) is 10.6 Å². The Morgan fingerprint density at radius 3 is 2.90 bits per heavy atom. The van der Waals surface area contributed by atoms with Crippen LogP contribution in [0.4, 0.5) is 5.13 Å². The number of anilines is 1. The van der Waals surface area contributed by atoms with Crippen LogP contribution in [0.3, 0.4) is 0 Å². The molecule has 1 aromatic heterocycles. The molecule has 0 aliphatic rings. The Hall–Kier alpha value is -1.31. The zero-order valence-corrected chi connectivity index (χ0v) is 13.9. The maximum Gasteiger partial charge on any atom is 0.239 e. The average Bonchev–Trinajstić information content (AvgIpc) is 2.93. The first-order valence-corrected chi connectivity index (χ1v) is 8.97. The lowest BCUT2D eigenvalue weighted by molar-refractivity contribution is -0.115. The predicted molar refractivity (Wildman–Crippen MR) is 91.2 cm³/mol. The number of carbonyl (C=O) groups is 1. The minimum Gasteiger partial charge on any atom is -0.300 e. The van der Waals surface area contributed by atoms with Gasteiger partial charge in [-0.05, 0) is 19.1 Å². The van der Waals surface area contributed by atoms with Crippen LogP contribution < -0.4 is 5.32 Å². The zero-order chi connectivity index (χ0) is 15.1. The van der Waals surface area contributed by atoms with Crippen molar-refractivity contribution in [3.63, 3.8) is 0 Å². The van der Waals surface area contributed by atoms with E-state index >= 15 is 0 Å². The highest BCUT2D eigenvalue weighted by Crippen LogP contribution is 2.27. The van der Waals surface area contributed by atoms with Crippen LogP contribution in [0.2, 0.25) is 0 Å². The number of hydrogen-bond acceptors (Lipinski definition) is 6. The Kier molecular flexibility index (Phi) is 6.28. The summed E-state index contributed by atoms with van der Waals surface area (Å²) in [5.74, 6) is 0.711. The Bertz CT molecular complexity index is 601. The van der Waals surface area contributed by atoms with Gasteiger partial charge in [-0.1, -0.05) is 47.4 Å². The molecule has 0 radical (unpaired) electrons. The van der Waals surface area contributed by atoms with E-state index in [4.69, 9.17) is 0 Å². The second kappa shape index (κ2) is 8.21. The highest BCUT2D eigenvalue weighted by atomic mass is 32.2. The molecule has 1 amide bonds. The lowest BCUT2D eigenvalue weighted by atomic mass is 10.4. The smallest absolute Gasteiger partial charge is 0.239 e. The van der Waals surface area contributed by atoms with E-state index in [9.17, 15) is 4.79 Å². The SMILES string of the molecule is C=CCSc1nnc(NC(=O)C(C)Sc2ccccc2)s1. The molecule has 0 spiro atoms. The molecule has 0 saturated heterocycles. The highest BCUT2D eigenvalue weighted by molar-refractivity contribution is 8.01. The van der Waals surface area contributed by atoms with Crippen molar-refractivity contribution in [3.8, 4) is 0 Å². The lowest BCUT2D eigenvalue weighted by Gasteiger charge is -2.09. The summed E-state index contributed by atoms with van der Waals surface area (Å²) in [4.78, 5) is 13.2. The van der Waals surface area contributed by atoms with Gasteiger partial charge in [-0.3, -0.25) is 10.1 Å². The van der Waals surface area contributed by atoms with Gasteiger partial charge in [0.2, 0.25) is 11.0 Å². The summed E-state index contributed by atoms with van der Waals surface area (Å²) >= 11 is 4.44. The molecule has 1 N–H and O–H groups in total. The number of hydrogen-bond donors (Lipinski definition) is 1. The normalized spacial score (nSPS) is 11.9. The molecule has 0 fully saturated rings. The number of carbonyl (C=O) groups excluding carboxylic acids is 1. The van der Waals surface area contributed by atoms with E-state index in [1.165, 1.54) is 23.1 Å². The second-order valence-corrected chi connectivity index (χ2v) is 7.69. The van der Waals surface area contributed by atoms with E-state index in [-0.39, 0.29) is 11.2 Å². The van der Waals surface area contributed by atoms with Gasteiger partial charge in [0.15, 0.2) is 4.34 Å². The summed E-state index contributed by atoms with van der Waals surface area (Å²) in [5, 5.41) is 11.1. The Balaban J connectivity index is 1.88. The van der Waals surface area contributed by atoms with Crippen molar-refractivity contribution < 1.29 is 4.79 Å². The number of nitrogens with one attached hydrogen (secondary N) is 1. The van der Waals surface area contributed by atoms with Crippen LogP contribution in [0.15, 0.2) is 52.2 Å².